The van der Waals surface area contributed by atoms with Crippen molar-refractivity contribution >= 4 is 5.78 Å². The van der Waals surface area contributed by atoms with Gasteiger partial charge in [-0.3, -0.25) is 4.79 Å². The first-order chi connectivity index (χ1) is 7.45. The fraction of sp³-hybridized carbons (Fsp3) is 0.800. The third-order valence-corrected chi connectivity index (χ3v) is 5.67. The minimum atomic E-state index is 0.0124. The topological polar surface area (TPSA) is 17.1 Å². The summed E-state index contributed by atoms with van der Waals surface area (Å²) in [6, 6.07) is 0. The Bertz CT molecular complexity index is 379. The Kier molecular flexibility index (Phi) is 1.98. The molecule has 1 nitrogen and oxygen atoms in total. The van der Waals surface area contributed by atoms with Crippen LogP contribution in [0.3, 0.4) is 0 Å². The van der Waals surface area contributed by atoms with E-state index in [-0.39, 0.29) is 11.3 Å². The molecular weight excluding hydrogens is 196 g/mol. The molecule has 0 aromatic rings. The normalized spacial score (nSPS) is 50.1. The molecule has 0 saturated heterocycles. The van der Waals surface area contributed by atoms with Crippen molar-refractivity contribution in [3.63, 3.8) is 0 Å². The van der Waals surface area contributed by atoms with E-state index in [1.807, 2.05) is 0 Å². The van der Waals surface area contributed by atoms with Crippen LogP contribution in [0.1, 0.15) is 40.5 Å². The third-order valence-electron chi connectivity index (χ3n) is 5.67. The Morgan fingerprint density at radius 2 is 2.12 bits per heavy atom. The maximum Gasteiger partial charge on any atom is 0.146 e. The van der Waals surface area contributed by atoms with Gasteiger partial charge in [0, 0.05) is 11.3 Å². The maximum atomic E-state index is 12.5. The van der Waals surface area contributed by atoms with Gasteiger partial charge in [0.25, 0.3) is 0 Å². The van der Waals surface area contributed by atoms with Crippen LogP contribution >= 0.6 is 0 Å². The van der Waals surface area contributed by atoms with E-state index in [1.54, 1.807) is 0 Å². The van der Waals surface area contributed by atoms with E-state index < -0.39 is 0 Å². The zero-order valence-electron chi connectivity index (χ0n) is 10.8. The molecule has 0 unspecified atom stereocenters. The standard InChI is InChI=1S/C15H22O/c1-8(2)12-7-15(4)13-6-10(14(15)16)9(3)5-11(12)13/h5,8,10-13H,6-7H2,1-4H3/t10-,11+,12+,13+,15-/m1/s1. The van der Waals surface area contributed by atoms with E-state index in [9.17, 15) is 4.79 Å². The summed E-state index contributed by atoms with van der Waals surface area (Å²) < 4.78 is 0. The molecule has 3 rings (SSSR count). The predicted molar refractivity (Wildman–Crippen MR) is 64.9 cm³/mol. The number of carbonyl (C=O) groups is 1. The van der Waals surface area contributed by atoms with Crippen LogP contribution in [-0.4, -0.2) is 5.78 Å². The second-order valence-corrected chi connectivity index (χ2v) is 6.78. The van der Waals surface area contributed by atoms with Gasteiger partial charge < -0.3 is 0 Å². The highest BCUT2D eigenvalue weighted by Gasteiger charge is 2.62. The number of carbonyl (C=O) groups excluding carboxylic acids is 1. The van der Waals surface area contributed by atoms with Gasteiger partial charge in [-0.1, -0.05) is 32.4 Å². The van der Waals surface area contributed by atoms with Crippen LogP contribution < -0.4 is 0 Å². The van der Waals surface area contributed by atoms with Crippen LogP contribution in [0.2, 0.25) is 0 Å². The predicted octanol–water partition coefficient (Wildman–Crippen LogP) is 3.45. The molecule has 3 aliphatic carbocycles. The van der Waals surface area contributed by atoms with Crippen LogP contribution in [0.5, 0.6) is 0 Å². The van der Waals surface area contributed by atoms with E-state index in [0.717, 1.165) is 18.8 Å². The monoisotopic (exact) mass is 218 g/mol. The van der Waals surface area contributed by atoms with Crippen LogP contribution in [0, 0.1) is 35.0 Å². The summed E-state index contributed by atoms with van der Waals surface area (Å²) in [6.07, 6.45) is 4.73. The minimum absolute atomic E-state index is 0.0124. The van der Waals surface area contributed by atoms with Crippen molar-refractivity contribution < 1.29 is 4.79 Å². The van der Waals surface area contributed by atoms with Gasteiger partial charge in [-0.25, -0.2) is 0 Å². The number of fused-ring (bicyclic) bond motifs is 1. The first-order valence-corrected chi connectivity index (χ1v) is 6.68. The Morgan fingerprint density at radius 1 is 1.44 bits per heavy atom. The molecule has 0 aromatic heterocycles. The second-order valence-electron chi connectivity index (χ2n) is 6.78. The molecule has 88 valence electrons. The number of rotatable bonds is 1. The zero-order valence-corrected chi connectivity index (χ0v) is 10.8. The van der Waals surface area contributed by atoms with E-state index in [1.165, 1.54) is 5.57 Å². The van der Waals surface area contributed by atoms with E-state index >= 15 is 0 Å². The number of Topliss-reactive ketones (excluding diaryl/α,β-unsaturated/α-hetero) is 1. The number of ketones is 1. The van der Waals surface area contributed by atoms with Crippen molar-refractivity contribution in [3.8, 4) is 0 Å². The molecule has 0 amide bonds. The van der Waals surface area contributed by atoms with Gasteiger partial charge in [0.05, 0.1) is 0 Å². The first kappa shape index (κ1) is 10.6. The molecule has 0 aromatic carbocycles. The summed E-state index contributed by atoms with van der Waals surface area (Å²) in [5.74, 6) is 3.61. The van der Waals surface area contributed by atoms with E-state index in [2.05, 4.69) is 33.8 Å². The van der Waals surface area contributed by atoms with Crippen molar-refractivity contribution in [3.05, 3.63) is 11.6 Å². The SMILES string of the molecule is CC1=C[C@H]2[C@H](C(C)C)C[C@@]3(C)C(=O)[C@@H]1C[C@@H]23. The summed E-state index contributed by atoms with van der Waals surface area (Å²) in [6.45, 7) is 9.03. The molecule has 0 spiro atoms. The molecule has 2 fully saturated rings. The Hall–Kier alpha value is -0.590. The summed E-state index contributed by atoms with van der Waals surface area (Å²) in [4.78, 5) is 12.5. The highest BCUT2D eigenvalue weighted by molar-refractivity contribution is 5.92. The fourth-order valence-corrected chi connectivity index (χ4v) is 4.69. The lowest BCUT2D eigenvalue weighted by atomic mass is 9.75. The molecule has 16 heavy (non-hydrogen) atoms. The third kappa shape index (κ3) is 1.05. The molecule has 3 aliphatic rings. The lowest BCUT2D eigenvalue weighted by Gasteiger charge is -2.29. The van der Waals surface area contributed by atoms with Crippen LogP contribution in [0.15, 0.2) is 11.6 Å². The van der Waals surface area contributed by atoms with Crippen molar-refractivity contribution in [1.29, 1.82) is 0 Å². The minimum Gasteiger partial charge on any atom is -0.298 e. The van der Waals surface area contributed by atoms with Crippen LogP contribution in [-0.2, 0) is 4.79 Å². The molecule has 0 heterocycles. The molecular formula is C15H22O. The Morgan fingerprint density at radius 3 is 2.75 bits per heavy atom. The quantitative estimate of drug-likeness (QED) is 0.616. The van der Waals surface area contributed by atoms with Gasteiger partial charge in [0.2, 0.25) is 0 Å². The highest BCUT2D eigenvalue weighted by Crippen LogP contribution is 2.64. The maximum absolute atomic E-state index is 12.5. The lowest BCUT2D eigenvalue weighted by Crippen LogP contribution is -2.27. The van der Waals surface area contributed by atoms with Gasteiger partial charge in [-0.15, -0.1) is 0 Å². The first-order valence-electron chi connectivity index (χ1n) is 6.68. The summed E-state index contributed by atoms with van der Waals surface area (Å²) in [5, 5.41) is 0. The smallest absolute Gasteiger partial charge is 0.146 e. The molecule has 2 bridgehead atoms. The van der Waals surface area contributed by atoms with Crippen LogP contribution in [0.25, 0.3) is 0 Å². The van der Waals surface area contributed by atoms with Crippen LogP contribution in [0.4, 0.5) is 0 Å². The van der Waals surface area contributed by atoms with Gasteiger partial charge in [0.1, 0.15) is 5.78 Å². The zero-order chi connectivity index (χ0) is 11.7. The van der Waals surface area contributed by atoms with Gasteiger partial charge in [-0.2, -0.15) is 0 Å². The number of hydrogen-bond donors (Lipinski definition) is 0. The van der Waals surface area contributed by atoms with Crippen molar-refractivity contribution in [2.75, 3.05) is 0 Å². The van der Waals surface area contributed by atoms with E-state index in [0.29, 0.717) is 23.5 Å². The Labute approximate surface area is 98.3 Å². The molecule has 0 radical (unpaired) electrons. The van der Waals surface area contributed by atoms with Crippen molar-refractivity contribution in [1.82, 2.24) is 0 Å². The fourth-order valence-electron chi connectivity index (χ4n) is 4.69. The molecule has 1 heteroatoms. The van der Waals surface area contributed by atoms with Crippen molar-refractivity contribution in [2.45, 2.75) is 40.5 Å². The summed E-state index contributed by atoms with van der Waals surface area (Å²) in [7, 11) is 0. The van der Waals surface area contributed by atoms with Gasteiger partial charge >= 0.3 is 0 Å². The second kappa shape index (κ2) is 3.00. The van der Waals surface area contributed by atoms with E-state index in [4.69, 9.17) is 0 Å². The molecule has 5 atom stereocenters. The van der Waals surface area contributed by atoms with Gasteiger partial charge in [0.15, 0.2) is 0 Å². The van der Waals surface area contributed by atoms with Crippen molar-refractivity contribution in [2.24, 2.45) is 35.0 Å². The average Bonchev–Trinajstić information content (AvgIpc) is 2.61. The summed E-state index contributed by atoms with van der Waals surface area (Å²) >= 11 is 0. The highest BCUT2D eigenvalue weighted by atomic mass is 16.1. The largest absolute Gasteiger partial charge is 0.298 e. The lowest BCUT2D eigenvalue weighted by molar-refractivity contribution is -0.128. The molecule has 2 saturated carbocycles. The molecule has 0 aliphatic heterocycles. The van der Waals surface area contributed by atoms with Gasteiger partial charge in [-0.05, 0) is 43.4 Å². The Balaban J connectivity index is 2.09. The number of hydrogen-bond acceptors (Lipinski definition) is 1. The summed E-state index contributed by atoms with van der Waals surface area (Å²) in [5.41, 5.74) is 1.37. The molecule has 0 N–H and O–H groups in total. The number of allylic oxidation sites excluding steroid dienone is 2. The average molecular weight is 218 g/mol.